The molecule has 7 nitrogen and oxygen atoms in total. The van der Waals surface area contributed by atoms with Gasteiger partial charge in [-0.3, -0.25) is 5.10 Å². The van der Waals surface area contributed by atoms with E-state index in [-0.39, 0.29) is 0 Å². The third kappa shape index (κ3) is 2.56. The van der Waals surface area contributed by atoms with Crippen LogP contribution in [0, 0.1) is 20.8 Å². The molecule has 1 aliphatic rings. The largest absolute Gasteiger partial charge is 0.353 e. The summed E-state index contributed by atoms with van der Waals surface area (Å²) in [6.07, 6.45) is 0. The van der Waals surface area contributed by atoms with Crippen LogP contribution < -0.4 is 9.80 Å². The highest BCUT2D eigenvalue weighted by atomic mass is 15.4. The molecule has 2 aromatic heterocycles. The summed E-state index contributed by atoms with van der Waals surface area (Å²) in [5.41, 5.74) is 1.01. The summed E-state index contributed by atoms with van der Waals surface area (Å²) in [5.74, 6) is 3.48. The van der Waals surface area contributed by atoms with Crippen molar-refractivity contribution in [1.82, 2.24) is 25.1 Å². The molecule has 0 bridgehead atoms. The first kappa shape index (κ1) is 12.8. The van der Waals surface area contributed by atoms with Crippen LogP contribution in [-0.2, 0) is 0 Å². The van der Waals surface area contributed by atoms with Crippen LogP contribution in [0.3, 0.4) is 0 Å². The number of anilines is 2. The molecule has 0 saturated carbocycles. The van der Waals surface area contributed by atoms with Gasteiger partial charge < -0.3 is 9.80 Å². The lowest BCUT2D eigenvalue weighted by Crippen LogP contribution is -2.47. The number of rotatable bonds is 2. The molecule has 0 spiro atoms. The SMILES string of the molecule is Cc1cc(N2CCN(c3n[nH]c(C)n3)CC2)nc(C)n1. The quantitative estimate of drug-likeness (QED) is 0.874. The van der Waals surface area contributed by atoms with Crippen molar-refractivity contribution in [2.75, 3.05) is 36.0 Å². The second-order valence-electron chi connectivity index (χ2n) is 5.11. The van der Waals surface area contributed by atoms with E-state index in [0.717, 1.165) is 55.3 Å². The van der Waals surface area contributed by atoms with Crippen molar-refractivity contribution in [2.45, 2.75) is 20.8 Å². The van der Waals surface area contributed by atoms with E-state index in [4.69, 9.17) is 0 Å². The van der Waals surface area contributed by atoms with Gasteiger partial charge in [0.05, 0.1) is 0 Å². The van der Waals surface area contributed by atoms with Crippen molar-refractivity contribution in [3.8, 4) is 0 Å². The Balaban J connectivity index is 1.69. The van der Waals surface area contributed by atoms with E-state index in [2.05, 4.69) is 34.9 Å². The first-order chi connectivity index (χ1) is 9.61. The molecular weight excluding hydrogens is 254 g/mol. The van der Waals surface area contributed by atoms with Gasteiger partial charge >= 0.3 is 0 Å². The topological polar surface area (TPSA) is 73.8 Å². The summed E-state index contributed by atoms with van der Waals surface area (Å²) in [4.78, 5) is 17.7. The van der Waals surface area contributed by atoms with Crippen LogP contribution in [0.1, 0.15) is 17.3 Å². The Morgan fingerprint density at radius 2 is 1.65 bits per heavy atom. The summed E-state index contributed by atoms with van der Waals surface area (Å²) in [6.45, 7) is 9.50. The molecule has 0 aromatic carbocycles. The van der Waals surface area contributed by atoms with E-state index >= 15 is 0 Å². The fourth-order valence-electron chi connectivity index (χ4n) is 2.47. The molecule has 1 N–H and O–H groups in total. The molecular formula is C13H19N7. The molecule has 7 heteroatoms. The second kappa shape index (κ2) is 5.07. The Morgan fingerprint density at radius 1 is 0.950 bits per heavy atom. The van der Waals surface area contributed by atoms with Crippen LogP contribution in [0.4, 0.5) is 11.8 Å². The Morgan fingerprint density at radius 3 is 2.25 bits per heavy atom. The van der Waals surface area contributed by atoms with Crippen LogP contribution in [0.25, 0.3) is 0 Å². The van der Waals surface area contributed by atoms with Gasteiger partial charge in [0, 0.05) is 37.9 Å². The van der Waals surface area contributed by atoms with Crippen LogP contribution in [-0.4, -0.2) is 51.3 Å². The molecule has 0 aliphatic carbocycles. The Kier molecular flexibility index (Phi) is 3.25. The lowest BCUT2D eigenvalue weighted by atomic mass is 10.3. The highest BCUT2D eigenvalue weighted by Gasteiger charge is 2.21. The molecule has 20 heavy (non-hydrogen) atoms. The van der Waals surface area contributed by atoms with Gasteiger partial charge in [-0.05, 0) is 20.8 Å². The minimum absolute atomic E-state index is 0.789. The molecule has 1 aliphatic heterocycles. The fourth-order valence-corrected chi connectivity index (χ4v) is 2.47. The number of aryl methyl sites for hydroxylation is 3. The number of aromatic nitrogens is 5. The van der Waals surface area contributed by atoms with E-state index in [0.29, 0.717) is 0 Å². The van der Waals surface area contributed by atoms with E-state index < -0.39 is 0 Å². The molecule has 1 saturated heterocycles. The number of aromatic amines is 1. The number of hydrogen-bond donors (Lipinski definition) is 1. The maximum Gasteiger partial charge on any atom is 0.244 e. The first-order valence-electron chi connectivity index (χ1n) is 6.83. The van der Waals surface area contributed by atoms with Crippen molar-refractivity contribution < 1.29 is 0 Å². The summed E-state index contributed by atoms with van der Waals surface area (Å²) in [5, 5.41) is 7.10. The molecule has 3 heterocycles. The predicted molar refractivity (Wildman–Crippen MR) is 77.1 cm³/mol. The summed E-state index contributed by atoms with van der Waals surface area (Å²) in [6, 6.07) is 2.04. The maximum atomic E-state index is 4.52. The highest BCUT2D eigenvalue weighted by molar-refractivity contribution is 5.43. The average molecular weight is 273 g/mol. The molecule has 0 unspecified atom stereocenters. The maximum absolute atomic E-state index is 4.52. The minimum Gasteiger partial charge on any atom is -0.353 e. The van der Waals surface area contributed by atoms with Crippen molar-refractivity contribution >= 4 is 11.8 Å². The molecule has 1 fully saturated rings. The Labute approximate surface area is 118 Å². The number of nitrogens with one attached hydrogen (secondary N) is 1. The number of hydrogen-bond acceptors (Lipinski definition) is 6. The zero-order chi connectivity index (χ0) is 14.1. The average Bonchev–Trinajstić information content (AvgIpc) is 2.84. The molecule has 0 amide bonds. The van der Waals surface area contributed by atoms with Gasteiger partial charge in [-0.25, -0.2) is 9.97 Å². The van der Waals surface area contributed by atoms with Gasteiger partial charge in [0.25, 0.3) is 0 Å². The third-order valence-electron chi connectivity index (χ3n) is 3.42. The van der Waals surface area contributed by atoms with Crippen molar-refractivity contribution in [1.29, 1.82) is 0 Å². The van der Waals surface area contributed by atoms with Gasteiger partial charge in [0.15, 0.2) is 0 Å². The smallest absolute Gasteiger partial charge is 0.244 e. The molecule has 2 aromatic rings. The standard InChI is InChI=1S/C13H19N7/c1-9-8-12(15-10(2)14-9)19-4-6-20(7-5-19)13-16-11(3)17-18-13/h8H,4-7H2,1-3H3,(H,16,17,18). The zero-order valence-electron chi connectivity index (χ0n) is 12.1. The van der Waals surface area contributed by atoms with E-state index in [1.54, 1.807) is 0 Å². The summed E-state index contributed by atoms with van der Waals surface area (Å²) in [7, 11) is 0. The lowest BCUT2D eigenvalue weighted by Gasteiger charge is -2.34. The molecule has 0 radical (unpaired) electrons. The summed E-state index contributed by atoms with van der Waals surface area (Å²) < 4.78 is 0. The van der Waals surface area contributed by atoms with Gasteiger partial charge in [-0.1, -0.05) is 0 Å². The normalized spacial score (nSPS) is 15.8. The van der Waals surface area contributed by atoms with Gasteiger partial charge in [0.1, 0.15) is 17.5 Å². The van der Waals surface area contributed by atoms with Crippen LogP contribution >= 0.6 is 0 Å². The van der Waals surface area contributed by atoms with Gasteiger partial charge in [-0.15, -0.1) is 5.10 Å². The van der Waals surface area contributed by atoms with Gasteiger partial charge in [-0.2, -0.15) is 4.98 Å². The highest BCUT2D eigenvalue weighted by Crippen LogP contribution is 2.17. The van der Waals surface area contributed by atoms with Crippen LogP contribution in [0.5, 0.6) is 0 Å². The third-order valence-corrected chi connectivity index (χ3v) is 3.42. The Bertz CT molecular complexity index is 578. The minimum atomic E-state index is 0.789. The number of H-pyrrole nitrogens is 1. The van der Waals surface area contributed by atoms with E-state index in [1.165, 1.54) is 0 Å². The van der Waals surface area contributed by atoms with Crippen molar-refractivity contribution in [2.24, 2.45) is 0 Å². The number of nitrogens with zero attached hydrogens (tertiary/aromatic N) is 6. The summed E-state index contributed by atoms with van der Waals surface area (Å²) >= 11 is 0. The van der Waals surface area contributed by atoms with Crippen molar-refractivity contribution in [3.63, 3.8) is 0 Å². The van der Waals surface area contributed by atoms with E-state index in [9.17, 15) is 0 Å². The second-order valence-corrected chi connectivity index (χ2v) is 5.11. The molecule has 3 rings (SSSR count). The molecule has 106 valence electrons. The van der Waals surface area contributed by atoms with Gasteiger partial charge in [0.2, 0.25) is 5.95 Å². The van der Waals surface area contributed by atoms with Crippen LogP contribution in [0.15, 0.2) is 6.07 Å². The fraction of sp³-hybridized carbons (Fsp3) is 0.538. The van der Waals surface area contributed by atoms with E-state index in [1.807, 2.05) is 26.8 Å². The number of piperazine rings is 1. The predicted octanol–water partition coefficient (Wildman–Crippen LogP) is 0.847. The van der Waals surface area contributed by atoms with Crippen molar-refractivity contribution in [3.05, 3.63) is 23.4 Å². The molecule has 0 atom stereocenters. The van der Waals surface area contributed by atoms with Crippen LogP contribution in [0.2, 0.25) is 0 Å². The first-order valence-corrected chi connectivity index (χ1v) is 6.83. The zero-order valence-corrected chi connectivity index (χ0v) is 12.1. The lowest BCUT2D eigenvalue weighted by molar-refractivity contribution is 0.633. The Hall–Kier alpha value is -2.18. The monoisotopic (exact) mass is 273 g/mol.